The number of unbranched alkanes of at least 4 members (excludes halogenated alkanes) is 28. The number of halogens is 2. The molecule has 57 heavy (non-hydrogen) atoms. The first-order valence-electron chi connectivity index (χ1n) is 25.0. The monoisotopic (exact) mass is 939 g/mol. The molecule has 0 saturated heterocycles. The minimum atomic E-state index is -0.675. The first-order valence-corrected chi connectivity index (χ1v) is 27.3. The highest BCUT2D eigenvalue weighted by Crippen LogP contribution is 2.19. The molecule has 0 heterocycles. The first kappa shape index (κ1) is 61.2. The Kier molecular flexibility index (Phi) is 59.9. The number of aliphatic hydroxyl groups excluding tert-OH is 1. The molecule has 0 unspecified atom stereocenters. The predicted octanol–water partition coefficient (Wildman–Crippen LogP) is 17.8. The number of carbonyl (C=O) groups excluding carboxylic acids is 1. The van der Waals surface area contributed by atoms with Gasteiger partial charge in [-0.1, -0.05) is 239 Å². The molecule has 0 atom stereocenters. The van der Waals surface area contributed by atoms with Gasteiger partial charge in [-0.3, -0.25) is 9.59 Å². The summed E-state index contributed by atoms with van der Waals surface area (Å²) in [4.78, 5) is 22.3. The van der Waals surface area contributed by atoms with E-state index in [4.69, 9.17) is 9.84 Å². The summed E-state index contributed by atoms with van der Waals surface area (Å²) in [6, 6.07) is 0. The number of hydrogen-bond acceptors (Lipinski definition) is 4. The predicted molar refractivity (Wildman–Crippen MR) is 258 cm³/mol. The zero-order valence-electron chi connectivity index (χ0n) is 38.7. The summed E-state index contributed by atoms with van der Waals surface area (Å²) < 4.78 is 5.89. The second-order valence-corrected chi connectivity index (χ2v) is 18.4. The fraction of sp³-hybridized carbons (Fsp3) is 0.960. The van der Waals surface area contributed by atoms with E-state index in [-0.39, 0.29) is 18.2 Å². The van der Waals surface area contributed by atoms with Crippen LogP contribution in [0.4, 0.5) is 0 Å². The van der Waals surface area contributed by atoms with Crippen LogP contribution in [0, 0.1) is 0 Å². The molecule has 0 amide bonds. The maximum absolute atomic E-state index is 12.3. The van der Waals surface area contributed by atoms with Crippen molar-refractivity contribution in [3.63, 3.8) is 0 Å². The summed E-state index contributed by atoms with van der Waals surface area (Å²) in [5.41, 5.74) is 0. The van der Waals surface area contributed by atoms with Gasteiger partial charge in [-0.25, -0.2) is 0 Å². The van der Waals surface area contributed by atoms with E-state index in [0.29, 0.717) is 12.8 Å². The maximum atomic E-state index is 12.3. The summed E-state index contributed by atoms with van der Waals surface area (Å²) in [7, 11) is 0. The highest BCUT2D eigenvalue weighted by molar-refractivity contribution is 9.09. The highest BCUT2D eigenvalue weighted by atomic mass is 79.9. The maximum Gasteiger partial charge on any atom is 0.306 e. The van der Waals surface area contributed by atoms with Gasteiger partial charge in [0.15, 0.2) is 0 Å². The molecule has 0 rings (SSSR count). The van der Waals surface area contributed by atoms with Crippen LogP contribution >= 0.6 is 31.9 Å². The van der Waals surface area contributed by atoms with Crippen LogP contribution in [-0.2, 0) is 14.3 Å². The van der Waals surface area contributed by atoms with Crippen LogP contribution in [0.1, 0.15) is 285 Å². The normalized spacial score (nSPS) is 11.0. The van der Waals surface area contributed by atoms with Gasteiger partial charge in [0.1, 0.15) is 6.10 Å². The van der Waals surface area contributed by atoms with Crippen LogP contribution < -0.4 is 0 Å². The molecule has 0 spiro atoms. The molecular weight excluding hydrogens is 840 g/mol. The summed E-state index contributed by atoms with van der Waals surface area (Å²) in [6.07, 6.45) is 48.2. The molecular formula is C50H100Br2O5. The topological polar surface area (TPSA) is 83.8 Å². The van der Waals surface area contributed by atoms with Gasteiger partial charge in [0.2, 0.25) is 0 Å². The van der Waals surface area contributed by atoms with E-state index in [1.807, 2.05) is 0 Å². The van der Waals surface area contributed by atoms with Gasteiger partial charge in [0.25, 0.3) is 0 Å². The molecule has 344 valence electrons. The number of aliphatic carboxylic acids is 1. The van der Waals surface area contributed by atoms with Crippen molar-refractivity contribution in [1.82, 2.24) is 0 Å². The number of rotatable bonds is 43. The van der Waals surface area contributed by atoms with Gasteiger partial charge in [0, 0.05) is 23.5 Å². The summed E-state index contributed by atoms with van der Waals surface area (Å²) in [6.45, 7) is 9.03. The smallest absolute Gasteiger partial charge is 0.306 e. The van der Waals surface area contributed by atoms with Crippen molar-refractivity contribution in [2.45, 2.75) is 297 Å². The third-order valence-electron chi connectivity index (χ3n) is 10.9. The number of carboxylic acid groups (broad SMARTS) is 1. The van der Waals surface area contributed by atoms with Crippen LogP contribution in [0.25, 0.3) is 0 Å². The van der Waals surface area contributed by atoms with Crippen LogP contribution in [0.15, 0.2) is 0 Å². The van der Waals surface area contributed by atoms with E-state index in [0.717, 1.165) is 62.0 Å². The molecule has 7 heteroatoms. The quantitative estimate of drug-likeness (QED) is 0.0361. The van der Waals surface area contributed by atoms with E-state index in [1.165, 1.54) is 193 Å². The highest BCUT2D eigenvalue weighted by Gasteiger charge is 2.14. The Labute approximate surface area is 373 Å². The molecule has 5 nitrogen and oxygen atoms in total. The Balaban J connectivity index is -0.000000856. The third-order valence-corrected chi connectivity index (χ3v) is 12.0. The molecule has 0 aliphatic heterocycles. The van der Waals surface area contributed by atoms with Crippen molar-refractivity contribution in [2.75, 3.05) is 10.7 Å². The molecule has 0 aromatic carbocycles. The largest absolute Gasteiger partial charge is 0.481 e. The van der Waals surface area contributed by atoms with Gasteiger partial charge in [-0.15, -0.1) is 0 Å². The van der Waals surface area contributed by atoms with Gasteiger partial charge in [-0.2, -0.15) is 0 Å². The zero-order valence-corrected chi connectivity index (χ0v) is 41.9. The Morgan fingerprint density at radius 2 is 0.684 bits per heavy atom. The van der Waals surface area contributed by atoms with Crippen LogP contribution in [0.5, 0.6) is 0 Å². The lowest BCUT2D eigenvalue weighted by Crippen LogP contribution is -2.18. The summed E-state index contributed by atoms with van der Waals surface area (Å²) in [5.74, 6) is -0.632. The Bertz CT molecular complexity index is 720. The van der Waals surface area contributed by atoms with E-state index in [2.05, 4.69) is 59.6 Å². The molecule has 0 aliphatic rings. The summed E-state index contributed by atoms with van der Waals surface area (Å²) in [5, 5.41) is 20.3. The second-order valence-electron chi connectivity index (χ2n) is 16.8. The lowest BCUT2D eigenvalue weighted by Gasteiger charge is -2.18. The molecule has 2 N–H and O–H groups in total. The number of ether oxygens (including phenoxy) is 1. The molecule has 0 radical (unpaired) electrons. The van der Waals surface area contributed by atoms with Gasteiger partial charge in [0.05, 0.1) is 6.10 Å². The van der Waals surface area contributed by atoms with Crippen molar-refractivity contribution in [2.24, 2.45) is 0 Å². The van der Waals surface area contributed by atoms with E-state index in [9.17, 15) is 14.7 Å². The first-order chi connectivity index (χ1) is 27.8. The second kappa shape index (κ2) is 55.9. The molecule has 0 saturated carbocycles. The molecule has 0 aromatic rings. The average molecular weight is 941 g/mol. The van der Waals surface area contributed by atoms with E-state index >= 15 is 0 Å². The van der Waals surface area contributed by atoms with E-state index in [1.54, 1.807) is 0 Å². The number of carbonyl (C=O) groups is 2. The van der Waals surface area contributed by atoms with Crippen LogP contribution in [0.2, 0.25) is 0 Å². The van der Waals surface area contributed by atoms with Crippen LogP contribution in [0.3, 0.4) is 0 Å². The van der Waals surface area contributed by atoms with Crippen molar-refractivity contribution in [3.8, 4) is 0 Å². The van der Waals surface area contributed by atoms with Crippen molar-refractivity contribution in [1.29, 1.82) is 0 Å². The van der Waals surface area contributed by atoms with Crippen molar-refractivity contribution < 1.29 is 24.5 Å². The lowest BCUT2D eigenvalue weighted by atomic mass is 10.0. The number of aliphatic hydroxyl groups is 1. The number of hydrogen-bond donors (Lipinski definition) is 2. The fourth-order valence-electron chi connectivity index (χ4n) is 7.07. The lowest BCUT2D eigenvalue weighted by molar-refractivity contribution is -0.150. The summed E-state index contributed by atoms with van der Waals surface area (Å²) >= 11 is 6.82. The molecule has 0 bridgehead atoms. The number of carboxylic acids is 1. The minimum absolute atomic E-state index is 0.0256. The number of esters is 1. The fourth-order valence-corrected chi connectivity index (χ4v) is 7.86. The van der Waals surface area contributed by atoms with E-state index < -0.39 is 5.97 Å². The molecule has 0 fully saturated rings. The van der Waals surface area contributed by atoms with Crippen LogP contribution in [-0.4, -0.2) is 45.0 Å². The average Bonchev–Trinajstić information content (AvgIpc) is 3.20. The minimum Gasteiger partial charge on any atom is -0.481 e. The number of alkyl halides is 2. The SMILES string of the molecule is CCCCCCCCC(CCCCCCCC)OC(=O)CCCCCCCBr.CCCCCCCCC(O)CCCCCCCC.O=C(O)CCCCCCCBr. The third kappa shape index (κ3) is 60.3. The molecule has 0 aliphatic carbocycles. The van der Waals surface area contributed by atoms with Crippen molar-refractivity contribution >= 4 is 43.8 Å². The Hall–Kier alpha value is -0.140. The Morgan fingerprint density at radius 3 is 1.02 bits per heavy atom. The standard InChI is InChI=1S/C25H49BrO2.C17H36O.C8H15BrO2/c1-3-5-7-9-12-16-20-24(21-17-13-10-8-6-4-2)28-25(27)22-18-14-11-15-19-23-26;1-3-5-7-9-11-13-15-17(18)16-14-12-10-8-6-4-2;9-7-5-3-1-2-4-6-8(10)11/h24H,3-23H2,1-2H3;17-18H,3-16H2,1-2H3;1-7H2,(H,10,11). The molecule has 0 aromatic heterocycles. The van der Waals surface area contributed by atoms with Gasteiger partial charge in [-0.05, 0) is 64.2 Å². The van der Waals surface area contributed by atoms with Gasteiger partial charge < -0.3 is 14.9 Å². The Morgan fingerprint density at radius 1 is 0.404 bits per heavy atom. The van der Waals surface area contributed by atoms with Crippen molar-refractivity contribution in [3.05, 3.63) is 0 Å². The zero-order chi connectivity index (χ0) is 42.7. The van der Waals surface area contributed by atoms with Gasteiger partial charge >= 0.3 is 11.9 Å².